The van der Waals surface area contributed by atoms with Gasteiger partial charge in [-0.15, -0.1) is 6.42 Å². The lowest BCUT2D eigenvalue weighted by molar-refractivity contribution is 0.669. The van der Waals surface area contributed by atoms with E-state index in [0.29, 0.717) is 6.54 Å². The molecule has 1 aliphatic carbocycles. The van der Waals surface area contributed by atoms with Crippen molar-refractivity contribution in [3.63, 3.8) is 0 Å². The summed E-state index contributed by atoms with van der Waals surface area (Å²) in [4.78, 5) is 6.56. The predicted molar refractivity (Wildman–Crippen MR) is 80.0 cm³/mol. The quantitative estimate of drug-likeness (QED) is 0.572. The Morgan fingerprint density at radius 2 is 2.37 bits per heavy atom. The molecule has 3 nitrogen and oxygen atoms in total. The molecule has 0 unspecified atom stereocenters. The van der Waals surface area contributed by atoms with E-state index in [1.165, 1.54) is 24.1 Å². The standard InChI is InChI=1S/C16H23N3/c1-3-8-17-11-15-12-18-9-7-16(15)19(10-4-2)13-14-5-6-14/h2,7,9,12,14,17H,3,5-6,8,10-11,13H2,1H3. The molecule has 0 atom stereocenters. The summed E-state index contributed by atoms with van der Waals surface area (Å²) < 4.78 is 0. The Morgan fingerprint density at radius 3 is 3.05 bits per heavy atom. The van der Waals surface area contributed by atoms with Crippen LogP contribution in [0.4, 0.5) is 5.69 Å². The predicted octanol–water partition coefficient (Wildman–Crippen LogP) is 2.43. The maximum absolute atomic E-state index is 5.51. The molecule has 2 rings (SSSR count). The molecular formula is C16H23N3. The fourth-order valence-corrected chi connectivity index (χ4v) is 2.23. The normalized spacial score (nSPS) is 14.1. The molecule has 1 N–H and O–H groups in total. The van der Waals surface area contributed by atoms with Crippen molar-refractivity contribution < 1.29 is 0 Å². The van der Waals surface area contributed by atoms with Crippen LogP contribution in [-0.2, 0) is 6.54 Å². The monoisotopic (exact) mass is 257 g/mol. The van der Waals surface area contributed by atoms with Gasteiger partial charge in [0.25, 0.3) is 0 Å². The maximum Gasteiger partial charge on any atom is 0.0791 e. The van der Waals surface area contributed by atoms with Crippen LogP contribution in [0.1, 0.15) is 31.7 Å². The fraction of sp³-hybridized carbons (Fsp3) is 0.562. The maximum atomic E-state index is 5.51. The Bertz CT molecular complexity index is 432. The smallest absolute Gasteiger partial charge is 0.0791 e. The highest BCUT2D eigenvalue weighted by molar-refractivity contribution is 5.53. The van der Waals surface area contributed by atoms with Gasteiger partial charge in [0.1, 0.15) is 0 Å². The topological polar surface area (TPSA) is 28.2 Å². The number of terminal acetylenes is 1. The molecule has 1 aromatic rings. The van der Waals surface area contributed by atoms with E-state index in [0.717, 1.165) is 32.0 Å². The van der Waals surface area contributed by atoms with Crippen LogP contribution in [0.3, 0.4) is 0 Å². The summed E-state index contributed by atoms with van der Waals surface area (Å²) >= 11 is 0. The van der Waals surface area contributed by atoms with Gasteiger partial charge in [-0.25, -0.2) is 0 Å². The Balaban J connectivity index is 2.08. The van der Waals surface area contributed by atoms with E-state index < -0.39 is 0 Å². The van der Waals surface area contributed by atoms with Crippen LogP contribution in [0.15, 0.2) is 18.5 Å². The second-order valence-corrected chi connectivity index (χ2v) is 5.21. The van der Waals surface area contributed by atoms with Crippen LogP contribution in [-0.4, -0.2) is 24.6 Å². The largest absolute Gasteiger partial charge is 0.360 e. The van der Waals surface area contributed by atoms with Crippen molar-refractivity contribution >= 4 is 5.69 Å². The van der Waals surface area contributed by atoms with Gasteiger partial charge >= 0.3 is 0 Å². The Kier molecular flexibility index (Phi) is 5.23. The average Bonchev–Trinajstić information content (AvgIpc) is 3.23. The molecule has 1 saturated carbocycles. The molecule has 1 heterocycles. The molecule has 0 saturated heterocycles. The molecule has 0 radical (unpaired) electrons. The molecule has 3 heteroatoms. The highest BCUT2D eigenvalue weighted by Gasteiger charge is 2.25. The van der Waals surface area contributed by atoms with Crippen molar-refractivity contribution in [2.45, 2.75) is 32.7 Å². The van der Waals surface area contributed by atoms with E-state index in [2.05, 4.69) is 34.1 Å². The lowest BCUT2D eigenvalue weighted by Gasteiger charge is -2.25. The summed E-state index contributed by atoms with van der Waals surface area (Å²) in [5.74, 6) is 3.61. The molecule has 102 valence electrons. The van der Waals surface area contributed by atoms with Crippen LogP contribution in [0.25, 0.3) is 0 Å². The van der Waals surface area contributed by atoms with Crippen LogP contribution in [0.5, 0.6) is 0 Å². The van der Waals surface area contributed by atoms with Crippen LogP contribution >= 0.6 is 0 Å². The zero-order valence-corrected chi connectivity index (χ0v) is 11.7. The minimum absolute atomic E-state index is 0.682. The van der Waals surface area contributed by atoms with Crippen LogP contribution in [0, 0.1) is 18.3 Å². The second kappa shape index (κ2) is 7.16. The highest BCUT2D eigenvalue weighted by atomic mass is 15.1. The zero-order chi connectivity index (χ0) is 13.5. The summed E-state index contributed by atoms with van der Waals surface area (Å²) in [7, 11) is 0. The third-order valence-electron chi connectivity index (χ3n) is 3.42. The second-order valence-electron chi connectivity index (χ2n) is 5.21. The molecule has 0 amide bonds. The van der Waals surface area contributed by atoms with E-state index in [1.807, 2.05) is 12.4 Å². The summed E-state index contributed by atoms with van der Waals surface area (Å²) in [6.45, 7) is 5.83. The minimum atomic E-state index is 0.682. The fourth-order valence-electron chi connectivity index (χ4n) is 2.23. The number of rotatable bonds is 8. The van der Waals surface area contributed by atoms with Gasteiger partial charge in [0.05, 0.1) is 6.54 Å². The summed E-state index contributed by atoms with van der Waals surface area (Å²) in [5, 5.41) is 3.44. The first-order valence-corrected chi connectivity index (χ1v) is 7.17. The van der Waals surface area contributed by atoms with Crippen LogP contribution in [0.2, 0.25) is 0 Å². The van der Waals surface area contributed by atoms with Crippen molar-refractivity contribution in [3.05, 3.63) is 24.0 Å². The number of anilines is 1. The Labute approximate surface area is 116 Å². The third-order valence-corrected chi connectivity index (χ3v) is 3.42. The van der Waals surface area contributed by atoms with Gasteiger partial charge in [-0.2, -0.15) is 0 Å². The summed E-state index contributed by atoms with van der Waals surface area (Å²) in [6.07, 6.45) is 13.2. The molecule has 1 aliphatic rings. The zero-order valence-electron chi connectivity index (χ0n) is 11.7. The van der Waals surface area contributed by atoms with Gasteiger partial charge in [0, 0.05) is 36.7 Å². The van der Waals surface area contributed by atoms with Gasteiger partial charge in [0.2, 0.25) is 0 Å². The van der Waals surface area contributed by atoms with Gasteiger partial charge in [-0.1, -0.05) is 12.8 Å². The lowest BCUT2D eigenvalue weighted by atomic mass is 10.2. The first-order chi connectivity index (χ1) is 9.35. The summed E-state index contributed by atoms with van der Waals surface area (Å²) in [5.41, 5.74) is 2.48. The van der Waals surface area contributed by atoms with Crippen LogP contribution < -0.4 is 10.2 Å². The Morgan fingerprint density at radius 1 is 1.53 bits per heavy atom. The van der Waals surface area contributed by atoms with Crippen molar-refractivity contribution in [1.29, 1.82) is 0 Å². The number of nitrogens with zero attached hydrogens (tertiary/aromatic N) is 2. The molecular weight excluding hydrogens is 234 g/mol. The van der Waals surface area contributed by atoms with E-state index in [9.17, 15) is 0 Å². The van der Waals surface area contributed by atoms with E-state index >= 15 is 0 Å². The van der Waals surface area contributed by atoms with Gasteiger partial charge in [-0.05, 0) is 37.8 Å². The number of hydrogen-bond donors (Lipinski definition) is 1. The minimum Gasteiger partial charge on any atom is -0.360 e. The van der Waals surface area contributed by atoms with Crippen molar-refractivity contribution in [2.24, 2.45) is 5.92 Å². The average molecular weight is 257 g/mol. The number of hydrogen-bond acceptors (Lipinski definition) is 3. The highest BCUT2D eigenvalue weighted by Crippen LogP contribution is 2.32. The van der Waals surface area contributed by atoms with Crippen molar-refractivity contribution in [2.75, 3.05) is 24.5 Å². The summed E-state index contributed by atoms with van der Waals surface area (Å²) in [6, 6.07) is 2.09. The van der Waals surface area contributed by atoms with Gasteiger partial charge in [-0.3, -0.25) is 4.98 Å². The van der Waals surface area contributed by atoms with E-state index in [4.69, 9.17) is 6.42 Å². The Hall–Kier alpha value is -1.53. The van der Waals surface area contributed by atoms with Crippen molar-refractivity contribution in [1.82, 2.24) is 10.3 Å². The molecule has 1 aromatic heterocycles. The molecule has 1 fully saturated rings. The third kappa shape index (κ3) is 4.25. The number of aromatic nitrogens is 1. The number of nitrogens with one attached hydrogen (secondary N) is 1. The first kappa shape index (κ1) is 13.9. The SMILES string of the molecule is C#CCN(CC1CC1)c1ccncc1CNCCC. The molecule has 0 bridgehead atoms. The van der Waals surface area contributed by atoms with E-state index in [-0.39, 0.29) is 0 Å². The molecule has 0 aliphatic heterocycles. The molecule has 19 heavy (non-hydrogen) atoms. The lowest BCUT2D eigenvalue weighted by Crippen LogP contribution is -2.28. The first-order valence-electron chi connectivity index (χ1n) is 7.17. The number of pyridine rings is 1. The van der Waals surface area contributed by atoms with Gasteiger partial charge < -0.3 is 10.2 Å². The molecule has 0 aromatic carbocycles. The van der Waals surface area contributed by atoms with Crippen molar-refractivity contribution in [3.8, 4) is 12.3 Å². The van der Waals surface area contributed by atoms with E-state index in [1.54, 1.807) is 0 Å². The van der Waals surface area contributed by atoms with Gasteiger partial charge in [0.15, 0.2) is 0 Å². The molecule has 0 spiro atoms.